The molecule has 0 unspecified atom stereocenters. The van der Waals surface area contributed by atoms with Gasteiger partial charge < -0.3 is 15.4 Å². The van der Waals surface area contributed by atoms with Crippen LogP contribution in [-0.2, 0) is 4.79 Å². The molecule has 0 saturated carbocycles. The first-order chi connectivity index (χ1) is 18.9. The average Bonchev–Trinajstić information content (AvgIpc) is 2.97. The lowest BCUT2D eigenvalue weighted by Gasteiger charge is -2.12. The van der Waals surface area contributed by atoms with E-state index in [0.29, 0.717) is 22.6 Å². The van der Waals surface area contributed by atoms with Crippen LogP contribution in [0.2, 0.25) is 0 Å². The van der Waals surface area contributed by atoms with Crippen molar-refractivity contribution in [2.45, 2.75) is 11.8 Å². The number of Topliss-reactive ketones (excluding diaryl/α,β-unsaturated/α-hetero) is 1. The molecule has 0 atom stereocenters. The number of hydrogen-bond acceptors (Lipinski definition) is 5. The van der Waals surface area contributed by atoms with Gasteiger partial charge in [-0.1, -0.05) is 54.6 Å². The van der Waals surface area contributed by atoms with Gasteiger partial charge in [0.15, 0.2) is 5.78 Å². The first-order valence-corrected chi connectivity index (χ1v) is 13.3. The molecule has 4 aromatic rings. The molecule has 0 spiro atoms. The van der Waals surface area contributed by atoms with Gasteiger partial charge in [-0.2, -0.15) is 0 Å². The van der Waals surface area contributed by atoms with Crippen molar-refractivity contribution in [3.63, 3.8) is 0 Å². The highest BCUT2D eigenvalue weighted by atomic mass is 32.2. The molecule has 0 fully saturated rings. The Hall–Kier alpha value is -4.62. The van der Waals surface area contributed by atoms with Crippen molar-refractivity contribution in [2.75, 3.05) is 18.2 Å². The molecule has 2 N–H and O–H groups in total. The Labute approximate surface area is 232 Å². The summed E-state index contributed by atoms with van der Waals surface area (Å²) in [6.45, 7) is 1.94. The SMILES string of the molecule is COc1cccc(C(=O)CSc2ccc(NC(=O)/C(=C/c3ccccc3C)NC(=O)c3ccccc3)cc2)c1. The number of anilines is 1. The van der Waals surface area contributed by atoms with Gasteiger partial charge in [-0.05, 0) is 72.7 Å². The maximum Gasteiger partial charge on any atom is 0.272 e. The number of nitrogens with one attached hydrogen (secondary N) is 2. The monoisotopic (exact) mass is 536 g/mol. The molecular weight excluding hydrogens is 508 g/mol. The molecule has 196 valence electrons. The summed E-state index contributed by atoms with van der Waals surface area (Å²) in [4.78, 5) is 39.5. The van der Waals surface area contributed by atoms with Crippen molar-refractivity contribution in [3.05, 3.63) is 131 Å². The Balaban J connectivity index is 1.44. The summed E-state index contributed by atoms with van der Waals surface area (Å²) in [5.74, 6) is 0.0839. The molecule has 0 radical (unpaired) electrons. The van der Waals surface area contributed by atoms with E-state index in [1.165, 1.54) is 11.8 Å². The summed E-state index contributed by atoms with van der Waals surface area (Å²) in [6, 6.07) is 30.6. The van der Waals surface area contributed by atoms with Crippen LogP contribution in [0.4, 0.5) is 5.69 Å². The first kappa shape index (κ1) is 27.4. The molecule has 0 aliphatic heterocycles. The van der Waals surface area contributed by atoms with E-state index in [2.05, 4.69) is 10.6 Å². The molecule has 7 heteroatoms. The predicted molar refractivity (Wildman–Crippen MR) is 156 cm³/mol. The minimum absolute atomic E-state index is 0.00331. The van der Waals surface area contributed by atoms with Gasteiger partial charge in [0.05, 0.1) is 12.9 Å². The topological polar surface area (TPSA) is 84.5 Å². The van der Waals surface area contributed by atoms with Gasteiger partial charge in [0.2, 0.25) is 0 Å². The highest BCUT2D eigenvalue weighted by Crippen LogP contribution is 2.23. The maximum atomic E-state index is 13.3. The highest BCUT2D eigenvalue weighted by Gasteiger charge is 2.16. The number of amides is 2. The highest BCUT2D eigenvalue weighted by molar-refractivity contribution is 8.00. The van der Waals surface area contributed by atoms with E-state index in [4.69, 9.17) is 4.74 Å². The Morgan fingerprint density at radius 3 is 2.23 bits per heavy atom. The lowest BCUT2D eigenvalue weighted by molar-refractivity contribution is -0.113. The lowest BCUT2D eigenvalue weighted by atomic mass is 10.1. The number of ether oxygens (including phenoxy) is 1. The molecule has 6 nitrogen and oxygen atoms in total. The summed E-state index contributed by atoms with van der Waals surface area (Å²) < 4.78 is 5.19. The van der Waals surface area contributed by atoms with Crippen LogP contribution in [0.15, 0.2) is 114 Å². The van der Waals surface area contributed by atoms with E-state index in [0.717, 1.165) is 16.0 Å². The molecule has 0 aliphatic rings. The second-order valence-electron chi connectivity index (χ2n) is 8.66. The molecular formula is C32H28N2O4S. The molecule has 0 aromatic heterocycles. The van der Waals surface area contributed by atoms with Gasteiger partial charge >= 0.3 is 0 Å². The van der Waals surface area contributed by atoms with E-state index < -0.39 is 5.91 Å². The number of benzene rings is 4. The number of thioether (sulfide) groups is 1. The summed E-state index contributed by atoms with van der Waals surface area (Å²) >= 11 is 1.41. The van der Waals surface area contributed by atoms with Gasteiger partial charge in [-0.25, -0.2) is 0 Å². The summed E-state index contributed by atoms with van der Waals surface area (Å²) in [5.41, 5.74) is 3.53. The van der Waals surface area contributed by atoms with E-state index in [1.807, 2.05) is 49.4 Å². The molecule has 2 amide bonds. The van der Waals surface area contributed by atoms with Crippen LogP contribution in [0, 0.1) is 6.92 Å². The lowest BCUT2D eigenvalue weighted by Crippen LogP contribution is -2.30. The smallest absolute Gasteiger partial charge is 0.272 e. The van der Waals surface area contributed by atoms with Crippen molar-refractivity contribution in [2.24, 2.45) is 0 Å². The minimum Gasteiger partial charge on any atom is -0.497 e. The fraction of sp³-hybridized carbons (Fsp3) is 0.0938. The fourth-order valence-electron chi connectivity index (χ4n) is 3.71. The number of hydrogen-bond donors (Lipinski definition) is 2. The number of methoxy groups -OCH3 is 1. The molecule has 0 bridgehead atoms. The van der Waals surface area contributed by atoms with Gasteiger partial charge in [0, 0.05) is 21.7 Å². The van der Waals surface area contributed by atoms with Gasteiger partial charge in [0.25, 0.3) is 11.8 Å². The van der Waals surface area contributed by atoms with Crippen LogP contribution in [0.25, 0.3) is 6.08 Å². The third-order valence-electron chi connectivity index (χ3n) is 5.89. The Morgan fingerprint density at radius 1 is 0.821 bits per heavy atom. The number of aryl methyl sites for hydroxylation is 1. The quantitative estimate of drug-likeness (QED) is 0.139. The standard InChI is InChI=1S/C32H28N2O4S/c1-22-9-6-7-12-24(22)20-29(34-31(36)23-10-4-3-5-11-23)32(37)33-26-15-17-28(18-16-26)39-21-30(35)25-13-8-14-27(19-25)38-2/h3-20H,21H2,1-2H3,(H,33,37)(H,34,36)/b29-20-. The van der Waals surface area contributed by atoms with E-state index >= 15 is 0 Å². The van der Waals surface area contributed by atoms with Crippen LogP contribution >= 0.6 is 11.8 Å². The third kappa shape index (κ3) is 7.69. The van der Waals surface area contributed by atoms with Crippen molar-refractivity contribution < 1.29 is 19.1 Å². The van der Waals surface area contributed by atoms with Crippen LogP contribution in [0.1, 0.15) is 31.8 Å². The zero-order valence-electron chi connectivity index (χ0n) is 21.6. The normalized spacial score (nSPS) is 11.0. The summed E-state index contributed by atoms with van der Waals surface area (Å²) in [7, 11) is 1.57. The van der Waals surface area contributed by atoms with E-state index in [-0.39, 0.29) is 23.1 Å². The molecule has 0 aliphatic carbocycles. The third-order valence-corrected chi connectivity index (χ3v) is 6.90. The Kier molecular flexibility index (Phi) is 9.32. The van der Waals surface area contributed by atoms with Crippen molar-refractivity contribution in [1.29, 1.82) is 0 Å². The zero-order chi connectivity index (χ0) is 27.6. The summed E-state index contributed by atoms with van der Waals surface area (Å²) in [5, 5.41) is 5.61. The van der Waals surface area contributed by atoms with Crippen molar-refractivity contribution >= 4 is 41.1 Å². The van der Waals surface area contributed by atoms with Crippen LogP contribution < -0.4 is 15.4 Å². The van der Waals surface area contributed by atoms with Gasteiger partial charge in [-0.15, -0.1) is 11.8 Å². The molecule has 0 saturated heterocycles. The summed E-state index contributed by atoms with van der Waals surface area (Å²) in [6.07, 6.45) is 1.67. The molecule has 39 heavy (non-hydrogen) atoms. The number of ketones is 1. The molecule has 4 rings (SSSR count). The van der Waals surface area contributed by atoms with Crippen LogP contribution in [0.3, 0.4) is 0 Å². The van der Waals surface area contributed by atoms with E-state index in [1.54, 1.807) is 73.8 Å². The zero-order valence-corrected chi connectivity index (χ0v) is 22.5. The minimum atomic E-state index is -0.448. The number of rotatable bonds is 10. The van der Waals surface area contributed by atoms with Gasteiger partial charge in [-0.3, -0.25) is 14.4 Å². The van der Waals surface area contributed by atoms with Gasteiger partial charge in [0.1, 0.15) is 11.4 Å². The Bertz CT molecular complexity index is 1500. The predicted octanol–water partition coefficient (Wildman–Crippen LogP) is 6.39. The first-order valence-electron chi connectivity index (χ1n) is 12.3. The maximum absolute atomic E-state index is 13.3. The van der Waals surface area contributed by atoms with Crippen LogP contribution in [0.5, 0.6) is 5.75 Å². The van der Waals surface area contributed by atoms with E-state index in [9.17, 15) is 14.4 Å². The molecule has 0 heterocycles. The number of carbonyl (C=O) groups excluding carboxylic acids is 3. The van der Waals surface area contributed by atoms with Crippen molar-refractivity contribution in [3.8, 4) is 5.75 Å². The van der Waals surface area contributed by atoms with Crippen LogP contribution in [-0.4, -0.2) is 30.5 Å². The largest absolute Gasteiger partial charge is 0.497 e. The fourth-order valence-corrected chi connectivity index (χ4v) is 4.50. The number of carbonyl (C=O) groups is 3. The Morgan fingerprint density at radius 2 is 1.51 bits per heavy atom. The average molecular weight is 537 g/mol. The van der Waals surface area contributed by atoms with Crippen molar-refractivity contribution in [1.82, 2.24) is 5.32 Å². The second-order valence-corrected chi connectivity index (χ2v) is 9.71. The molecule has 4 aromatic carbocycles. The second kappa shape index (κ2) is 13.3.